The molecule has 1 aliphatic rings. The van der Waals surface area contributed by atoms with Crippen LogP contribution in [0.1, 0.15) is 46.5 Å². The van der Waals surface area contributed by atoms with E-state index in [1.165, 1.54) is 0 Å². The average molecular weight is 258 g/mol. The number of nitrogens with one attached hydrogen (secondary N) is 1. The standard InChI is InChI=1S/C13H23FN2O2/c1-4-13(5-2)12(18)16(8-6-7-14)10(3)9-11(17)15-13/h10H,4-9H2,1-3H3,(H,15,17). The van der Waals surface area contributed by atoms with E-state index in [-0.39, 0.29) is 17.9 Å². The van der Waals surface area contributed by atoms with E-state index in [1.54, 1.807) is 4.90 Å². The van der Waals surface area contributed by atoms with Gasteiger partial charge in [0.1, 0.15) is 5.54 Å². The quantitative estimate of drug-likeness (QED) is 0.815. The normalized spacial score (nSPS) is 23.8. The number of rotatable bonds is 5. The SMILES string of the molecule is CCC1(CC)NC(=O)CC(C)N(CCCF)C1=O. The summed E-state index contributed by atoms with van der Waals surface area (Å²) in [6.07, 6.45) is 1.74. The fraction of sp³-hybridized carbons (Fsp3) is 0.846. The second-order valence-electron chi connectivity index (χ2n) is 4.93. The third kappa shape index (κ3) is 2.82. The number of carbonyl (C=O) groups excluding carboxylic acids is 2. The Balaban J connectivity index is 3.01. The Labute approximate surface area is 108 Å². The summed E-state index contributed by atoms with van der Waals surface area (Å²) in [4.78, 5) is 26.1. The van der Waals surface area contributed by atoms with E-state index in [4.69, 9.17) is 0 Å². The fourth-order valence-corrected chi connectivity index (χ4v) is 2.51. The summed E-state index contributed by atoms with van der Waals surface area (Å²) in [6.45, 7) is 5.57. The molecule has 18 heavy (non-hydrogen) atoms. The molecule has 0 saturated carbocycles. The summed E-state index contributed by atoms with van der Waals surface area (Å²) >= 11 is 0. The molecule has 1 unspecified atom stereocenters. The number of hydrogen-bond acceptors (Lipinski definition) is 2. The van der Waals surface area contributed by atoms with Crippen LogP contribution in [0.15, 0.2) is 0 Å². The molecule has 1 aliphatic heterocycles. The second-order valence-corrected chi connectivity index (χ2v) is 4.93. The molecular weight excluding hydrogens is 235 g/mol. The van der Waals surface area contributed by atoms with Crippen molar-refractivity contribution in [3.8, 4) is 0 Å². The van der Waals surface area contributed by atoms with Crippen molar-refractivity contribution in [2.24, 2.45) is 0 Å². The highest BCUT2D eigenvalue weighted by molar-refractivity contribution is 5.93. The summed E-state index contributed by atoms with van der Waals surface area (Å²) in [5.74, 6) is -0.165. The van der Waals surface area contributed by atoms with E-state index in [9.17, 15) is 14.0 Å². The highest BCUT2D eigenvalue weighted by Crippen LogP contribution is 2.24. The Hall–Kier alpha value is -1.13. The minimum Gasteiger partial charge on any atom is -0.342 e. The van der Waals surface area contributed by atoms with E-state index in [2.05, 4.69) is 5.32 Å². The Morgan fingerprint density at radius 3 is 2.50 bits per heavy atom. The van der Waals surface area contributed by atoms with Gasteiger partial charge in [-0.25, -0.2) is 0 Å². The first-order chi connectivity index (χ1) is 8.50. The first-order valence-corrected chi connectivity index (χ1v) is 6.68. The highest BCUT2D eigenvalue weighted by Gasteiger charge is 2.43. The maximum Gasteiger partial charge on any atom is 0.248 e. The van der Waals surface area contributed by atoms with E-state index < -0.39 is 12.2 Å². The third-order valence-electron chi connectivity index (χ3n) is 3.80. The van der Waals surface area contributed by atoms with E-state index in [0.717, 1.165) is 0 Å². The van der Waals surface area contributed by atoms with Gasteiger partial charge in [0.05, 0.1) is 6.67 Å². The zero-order valence-electron chi connectivity index (χ0n) is 11.5. The molecule has 0 aromatic carbocycles. The van der Waals surface area contributed by atoms with Crippen LogP contribution >= 0.6 is 0 Å². The van der Waals surface area contributed by atoms with Crippen LogP contribution < -0.4 is 5.32 Å². The van der Waals surface area contributed by atoms with Gasteiger partial charge in [0.15, 0.2) is 0 Å². The smallest absolute Gasteiger partial charge is 0.248 e. The molecule has 0 aromatic heterocycles. The lowest BCUT2D eigenvalue weighted by Crippen LogP contribution is -2.57. The molecule has 1 fully saturated rings. The maximum absolute atomic E-state index is 12.6. The van der Waals surface area contributed by atoms with Crippen LogP contribution in [0.4, 0.5) is 4.39 Å². The molecule has 0 aromatic rings. The first kappa shape index (κ1) is 14.9. The highest BCUT2D eigenvalue weighted by atomic mass is 19.1. The van der Waals surface area contributed by atoms with Gasteiger partial charge in [-0.2, -0.15) is 0 Å². The molecule has 1 rings (SSSR count). The first-order valence-electron chi connectivity index (χ1n) is 6.68. The average Bonchev–Trinajstić information content (AvgIpc) is 2.43. The zero-order chi connectivity index (χ0) is 13.8. The molecule has 4 nitrogen and oxygen atoms in total. The Morgan fingerprint density at radius 2 is 2.00 bits per heavy atom. The Morgan fingerprint density at radius 1 is 1.39 bits per heavy atom. The van der Waals surface area contributed by atoms with Crippen LogP contribution in [0.2, 0.25) is 0 Å². The molecule has 1 saturated heterocycles. The molecule has 5 heteroatoms. The molecule has 1 N–H and O–H groups in total. The second kappa shape index (κ2) is 6.16. The zero-order valence-corrected chi connectivity index (χ0v) is 11.5. The third-order valence-corrected chi connectivity index (χ3v) is 3.80. The summed E-state index contributed by atoms with van der Waals surface area (Å²) in [5.41, 5.74) is -0.807. The number of amides is 2. The summed E-state index contributed by atoms with van der Waals surface area (Å²) in [5, 5.41) is 2.85. The van der Waals surface area contributed by atoms with Gasteiger partial charge in [0.2, 0.25) is 11.8 Å². The number of hydrogen-bond donors (Lipinski definition) is 1. The van der Waals surface area contributed by atoms with Crippen molar-refractivity contribution < 1.29 is 14.0 Å². The van der Waals surface area contributed by atoms with Gasteiger partial charge in [-0.1, -0.05) is 13.8 Å². The van der Waals surface area contributed by atoms with Gasteiger partial charge in [0, 0.05) is 19.0 Å². The summed E-state index contributed by atoms with van der Waals surface area (Å²) in [6, 6.07) is -0.163. The number of carbonyl (C=O) groups is 2. The van der Waals surface area contributed by atoms with Crippen molar-refractivity contribution in [3.63, 3.8) is 0 Å². The van der Waals surface area contributed by atoms with Gasteiger partial charge < -0.3 is 10.2 Å². The summed E-state index contributed by atoms with van der Waals surface area (Å²) in [7, 11) is 0. The summed E-state index contributed by atoms with van der Waals surface area (Å²) < 4.78 is 12.3. The number of halogens is 1. The molecule has 1 atom stereocenters. The molecule has 2 amide bonds. The molecule has 0 aliphatic carbocycles. The lowest BCUT2D eigenvalue weighted by atomic mass is 9.91. The largest absolute Gasteiger partial charge is 0.342 e. The molecule has 0 radical (unpaired) electrons. The van der Waals surface area contributed by atoms with Crippen LogP contribution in [-0.4, -0.2) is 41.5 Å². The lowest BCUT2D eigenvalue weighted by molar-refractivity contribution is -0.140. The lowest BCUT2D eigenvalue weighted by Gasteiger charge is -2.35. The Kier molecular flexibility index (Phi) is 5.11. The topological polar surface area (TPSA) is 49.4 Å². The van der Waals surface area contributed by atoms with Crippen molar-refractivity contribution in [1.29, 1.82) is 0 Å². The molecule has 0 spiro atoms. The predicted molar refractivity (Wildman–Crippen MR) is 67.8 cm³/mol. The monoisotopic (exact) mass is 258 g/mol. The fourth-order valence-electron chi connectivity index (χ4n) is 2.51. The van der Waals surface area contributed by atoms with E-state index >= 15 is 0 Å². The Bertz CT molecular complexity index is 316. The van der Waals surface area contributed by atoms with Gasteiger partial charge in [0.25, 0.3) is 0 Å². The predicted octanol–water partition coefficient (Wildman–Crippen LogP) is 1.64. The van der Waals surface area contributed by atoms with Crippen LogP contribution in [-0.2, 0) is 9.59 Å². The van der Waals surface area contributed by atoms with Gasteiger partial charge in [-0.15, -0.1) is 0 Å². The van der Waals surface area contributed by atoms with Gasteiger partial charge in [-0.3, -0.25) is 14.0 Å². The van der Waals surface area contributed by atoms with Gasteiger partial charge in [-0.05, 0) is 26.2 Å². The number of nitrogens with zero attached hydrogens (tertiary/aromatic N) is 1. The molecule has 104 valence electrons. The van der Waals surface area contributed by atoms with Crippen LogP contribution in [0.5, 0.6) is 0 Å². The molecular formula is C13H23FN2O2. The van der Waals surface area contributed by atoms with Crippen LogP contribution in [0.25, 0.3) is 0 Å². The minimum absolute atomic E-state index is 0.0701. The van der Waals surface area contributed by atoms with Gasteiger partial charge >= 0.3 is 0 Å². The molecule has 1 heterocycles. The van der Waals surface area contributed by atoms with E-state index in [1.807, 2.05) is 20.8 Å². The molecule has 0 bridgehead atoms. The van der Waals surface area contributed by atoms with Crippen molar-refractivity contribution in [3.05, 3.63) is 0 Å². The van der Waals surface area contributed by atoms with Crippen LogP contribution in [0, 0.1) is 0 Å². The van der Waals surface area contributed by atoms with E-state index in [0.29, 0.717) is 32.2 Å². The van der Waals surface area contributed by atoms with Crippen LogP contribution in [0.3, 0.4) is 0 Å². The minimum atomic E-state index is -0.807. The number of alkyl halides is 1. The van der Waals surface area contributed by atoms with Crippen molar-refractivity contribution in [2.75, 3.05) is 13.2 Å². The van der Waals surface area contributed by atoms with Crippen molar-refractivity contribution >= 4 is 11.8 Å². The maximum atomic E-state index is 12.6. The van der Waals surface area contributed by atoms with Crippen molar-refractivity contribution in [1.82, 2.24) is 10.2 Å². The van der Waals surface area contributed by atoms with Crippen molar-refractivity contribution in [2.45, 2.75) is 58.0 Å².